The second-order valence-corrected chi connectivity index (χ2v) is 33.7. The molecule has 0 aliphatic rings. The van der Waals surface area contributed by atoms with Crippen LogP contribution in [0.3, 0.4) is 0 Å². The highest BCUT2D eigenvalue weighted by Crippen LogP contribution is 2.53. The van der Waals surface area contributed by atoms with Gasteiger partial charge in [0.15, 0.2) is 0 Å². The van der Waals surface area contributed by atoms with E-state index >= 15 is 0 Å². The Labute approximate surface area is 744 Å². The zero-order chi connectivity index (χ0) is 85.0. The van der Waals surface area contributed by atoms with E-state index in [1.165, 1.54) is 208 Å². The van der Waals surface area contributed by atoms with Crippen LogP contribution in [-0.2, 0) is 0 Å². The summed E-state index contributed by atoms with van der Waals surface area (Å²) in [7, 11) is 0. The zero-order valence-corrected chi connectivity index (χ0v) is 70.3. The predicted octanol–water partition coefficient (Wildman–Crippen LogP) is 36.1. The van der Waals surface area contributed by atoms with Crippen molar-refractivity contribution in [2.24, 2.45) is 0 Å². The van der Waals surface area contributed by atoms with Gasteiger partial charge in [0.2, 0.25) is 0 Å². The molecule has 129 heavy (non-hydrogen) atoms. The Morgan fingerprint density at radius 2 is 0.349 bits per heavy atom. The van der Waals surface area contributed by atoms with Gasteiger partial charge in [-0.3, -0.25) is 0 Å². The van der Waals surface area contributed by atoms with Gasteiger partial charge in [0, 0.05) is 32.3 Å². The molecule has 27 rings (SSSR count). The fourth-order valence-corrected chi connectivity index (χ4v) is 21.0. The number of fused-ring (bicyclic) bond motifs is 18. The van der Waals surface area contributed by atoms with E-state index < -0.39 is 0 Å². The van der Waals surface area contributed by atoms with Crippen LogP contribution in [0.2, 0.25) is 0 Å². The molecular formula is C126H78O3. The van der Waals surface area contributed by atoms with Crippen molar-refractivity contribution in [2.45, 2.75) is 0 Å². The molecule has 0 saturated carbocycles. The van der Waals surface area contributed by atoms with Crippen molar-refractivity contribution in [1.29, 1.82) is 0 Å². The summed E-state index contributed by atoms with van der Waals surface area (Å²) < 4.78 is 19.0. The van der Waals surface area contributed by atoms with E-state index in [0.717, 1.165) is 55.0 Å². The van der Waals surface area contributed by atoms with Crippen LogP contribution < -0.4 is 0 Å². The first-order valence-electron chi connectivity index (χ1n) is 44.3. The van der Waals surface area contributed by atoms with Crippen LogP contribution in [0.5, 0.6) is 0 Å². The monoisotopic (exact) mass is 1640 g/mol. The lowest BCUT2D eigenvalue weighted by Crippen LogP contribution is -1.93. The van der Waals surface area contributed by atoms with Crippen LogP contribution in [0.1, 0.15) is 0 Å². The molecule has 24 aromatic carbocycles. The molecule has 0 aliphatic carbocycles. The largest absolute Gasteiger partial charge is 0.456 e. The van der Waals surface area contributed by atoms with Crippen LogP contribution in [0, 0.1) is 0 Å². The summed E-state index contributed by atoms with van der Waals surface area (Å²) in [6.07, 6.45) is 0. The van der Waals surface area contributed by atoms with Gasteiger partial charge in [-0.15, -0.1) is 0 Å². The molecular weight excluding hydrogens is 1560 g/mol. The molecule has 0 bridgehead atoms. The summed E-state index contributed by atoms with van der Waals surface area (Å²) >= 11 is 0. The Hall–Kier alpha value is -17.0. The van der Waals surface area contributed by atoms with Gasteiger partial charge >= 0.3 is 0 Å². The van der Waals surface area contributed by atoms with Gasteiger partial charge in [0.05, 0.1) is 0 Å². The summed E-state index contributed by atoms with van der Waals surface area (Å²) in [6.45, 7) is 0. The third-order valence-electron chi connectivity index (χ3n) is 26.6. The molecule has 0 aliphatic heterocycles. The molecule has 3 nitrogen and oxygen atoms in total. The van der Waals surface area contributed by atoms with Gasteiger partial charge in [0.25, 0.3) is 0 Å². The molecule has 0 spiro atoms. The Balaban J connectivity index is 0.000000105. The van der Waals surface area contributed by atoms with Crippen molar-refractivity contribution in [3.8, 4) is 100 Å². The Morgan fingerprint density at radius 1 is 0.109 bits per heavy atom. The van der Waals surface area contributed by atoms with Crippen molar-refractivity contribution in [3.05, 3.63) is 473 Å². The summed E-state index contributed by atoms with van der Waals surface area (Å²) in [6, 6.07) is 170. The van der Waals surface area contributed by atoms with E-state index in [1.54, 1.807) is 0 Å². The molecule has 0 radical (unpaired) electrons. The minimum Gasteiger partial charge on any atom is -0.456 e. The van der Waals surface area contributed by atoms with E-state index in [9.17, 15) is 0 Å². The fourth-order valence-electron chi connectivity index (χ4n) is 21.0. The summed E-state index contributed by atoms with van der Waals surface area (Å²) in [5.41, 5.74) is 27.7. The average molecular weight is 1640 g/mol. The van der Waals surface area contributed by atoms with Crippen LogP contribution >= 0.6 is 0 Å². The lowest BCUT2D eigenvalue weighted by atomic mass is 9.83. The molecule has 0 saturated heterocycles. The summed E-state index contributed by atoms with van der Waals surface area (Å²) in [5, 5.41) is 29.4. The molecule has 0 unspecified atom stereocenters. The third kappa shape index (κ3) is 12.5. The molecule has 27 aromatic rings. The standard InChI is InChI=1S/3C42H26O/c1-2-16-30-27(12-1)13-10-22-31(30)28-14-9-15-29(26-28)40-32-17-3-5-19-34(32)41(35-20-6-4-18-33(35)40)37-23-11-25-39-42(37)36-21-7-8-24-38(36)43-39;1-2-13-30-27(11-1)12-9-19-31(30)28-23-25-29(26-24-28)40-32-14-3-5-16-34(32)41(35-17-6-4-15-33(35)40)37-20-10-22-39-42(37)36-18-7-8-21-38(36)43-39;1-2-13-28-26-29(25-24-27(28)12-1)30-14-3-4-15-31(30)40-32-16-5-7-18-34(32)41(35-19-8-6-17-33(35)40)37-21-11-23-39-42(37)36-20-9-10-22-38(36)43-39/h3*1-26H. The van der Waals surface area contributed by atoms with E-state index in [-0.39, 0.29) is 0 Å². The van der Waals surface area contributed by atoms with Crippen molar-refractivity contribution < 1.29 is 13.3 Å². The van der Waals surface area contributed by atoms with Crippen molar-refractivity contribution in [2.75, 3.05) is 0 Å². The molecule has 0 atom stereocenters. The summed E-state index contributed by atoms with van der Waals surface area (Å²) in [5.74, 6) is 0. The smallest absolute Gasteiger partial charge is 0.136 e. The van der Waals surface area contributed by atoms with Crippen LogP contribution in [0.25, 0.3) is 263 Å². The topological polar surface area (TPSA) is 39.4 Å². The predicted molar refractivity (Wildman–Crippen MR) is 548 cm³/mol. The fraction of sp³-hybridized carbons (Fsp3) is 0. The second-order valence-electron chi connectivity index (χ2n) is 33.7. The normalized spacial score (nSPS) is 11.7. The number of para-hydroxylation sites is 3. The van der Waals surface area contributed by atoms with Crippen LogP contribution in [0.15, 0.2) is 486 Å². The highest BCUT2D eigenvalue weighted by Gasteiger charge is 2.26. The SMILES string of the molecule is c1cc(-c2cccc3ccccc23)cc(-c2c3ccccc3c(-c3cccc4oc5ccccc5c34)c3ccccc23)c1.c1ccc(-c2c3ccccc3c(-c3cccc4oc5ccccc5c34)c3ccccc23)c(-c2ccc3ccccc3c2)c1.c1ccc2c(-c3ccc(-c4c5ccccc5c(-c5cccc6oc7ccccc7c56)c5ccccc45)cc3)cccc2c1. The third-order valence-corrected chi connectivity index (χ3v) is 26.6. The van der Waals surface area contributed by atoms with Crippen LogP contribution in [-0.4, -0.2) is 0 Å². The molecule has 0 fully saturated rings. The molecule has 0 N–H and O–H groups in total. The van der Waals surface area contributed by atoms with Crippen molar-refractivity contribution in [3.63, 3.8) is 0 Å². The lowest BCUT2D eigenvalue weighted by Gasteiger charge is -2.20. The number of hydrogen-bond donors (Lipinski definition) is 0. The van der Waals surface area contributed by atoms with E-state index in [1.807, 2.05) is 18.2 Å². The first kappa shape index (κ1) is 74.6. The summed E-state index contributed by atoms with van der Waals surface area (Å²) in [4.78, 5) is 0. The molecule has 600 valence electrons. The van der Waals surface area contributed by atoms with Crippen molar-refractivity contribution in [1.82, 2.24) is 0 Å². The maximum Gasteiger partial charge on any atom is 0.136 e. The number of hydrogen-bond acceptors (Lipinski definition) is 3. The second kappa shape index (κ2) is 31.1. The minimum absolute atomic E-state index is 0.914. The first-order valence-corrected chi connectivity index (χ1v) is 44.3. The number of rotatable bonds is 9. The van der Waals surface area contributed by atoms with Gasteiger partial charge in [-0.05, 0) is 246 Å². The zero-order valence-electron chi connectivity index (χ0n) is 70.3. The molecule has 3 heteroatoms. The quantitative estimate of drug-likeness (QED) is 0.135. The van der Waals surface area contributed by atoms with Gasteiger partial charge < -0.3 is 13.3 Å². The maximum atomic E-state index is 6.33. The van der Waals surface area contributed by atoms with Gasteiger partial charge in [-0.2, -0.15) is 0 Å². The van der Waals surface area contributed by atoms with Gasteiger partial charge in [-0.25, -0.2) is 0 Å². The molecule has 0 amide bonds. The number of benzene rings is 24. The first-order chi connectivity index (χ1) is 64.0. The van der Waals surface area contributed by atoms with Crippen LogP contribution in [0.4, 0.5) is 0 Å². The van der Waals surface area contributed by atoms with E-state index in [4.69, 9.17) is 13.3 Å². The van der Waals surface area contributed by atoms with E-state index in [2.05, 4.69) is 455 Å². The lowest BCUT2D eigenvalue weighted by molar-refractivity contribution is 0.668. The Morgan fingerprint density at radius 3 is 0.760 bits per heavy atom. The van der Waals surface area contributed by atoms with Crippen molar-refractivity contribution >= 4 is 163 Å². The highest BCUT2D eigenvalue weighted by molar-refractivity contribution is 6.30. The van der Waals surface area contributed by atoms with Gasteiger partial charge in [0.1, 0.15) is 33.5 Å². The van der Waals surface area contributed by atoms with Gasteiger partial charge in [-0.1, -0.05) is 425 Å². The maximum absolute atomic E-state index is 6.33. The molecule has 3 aromatic heterocycles. The molecule has 3 heterocycles. The average Bonchev–Trinajstić information content (AvgIpc) is 1.72. The number of furan rings is 3. The Kier molecular flexibility index (Phi) is 18.0. The minimum atomic E-state index is 0.914. The highest BCUT2D eigenvalue weighted by atomic mass is 16.3. The Bertz CT molecular complexity index is 9030. The van der Waals surface area contributed by atoms with E-state index in [0.29, 0.717) is 0 Å².